The predicted octanol–water partition coefficient (Wildman–Crippen LogP) is 3.43. The third kappa shape index (κ3) is 4.35. The minimum absolute atomic E-state index is 0.0280. The van der Waals surface area contributed by atoms with Crippen molar-refractivity contribution in [2.45, 2.75) is 18.9 Å². The summed E-state index contributed by atoms with van der Waals surface area (Å²) in [4.78, 5) is 12.0. The van der Waals surface area contributed by atoms with Gasteiger partial charge in [0.05, 0.1) is 6.04 Å². The van der Waals surface area contributed by atoms with Crippen LogP contribution in [0.15, 0.2) is 48.5 Å². The molecule has 2 N–H and O–H groups in total. The van der Waals surface area contributed by atoms with Crippen LogP contribution in [0.25, 0.3) is 0 Å². The third-order valence-corrected chi connectivity index (χ3v) is 3.94. The molecule has 3 nitrogen and oxygen atoms in total. The van der Waals surface area contributed by atoms with Crippen molar-refractivity contribution < 1.29 is 4.79 Å². The lowest BCUT2D eigenvalue weighted by atomic mass is 10.1. The molecule has 1 aliphatic heterocycles. The first-order chi connectivity index (χ1) is 11.2. The quantitative estimate of drug-likeness (QED) is 0.831. The molecule has 1 heterocycles. The molecule has 1 saturated heterocycles. The van der Waals surface area contributed by atoms with Crippen molar-refractivity contribution in [2.75, 3.05) is 11.9 Å². The van der Waals surface area contributed by atoms with E-state index < -0.39 is 0 Å². The Morgan fingerprint density at radius 3 is 2.61 bits per heavy atom. The maximum Gasteiger partial charge on any atom is 0.241 e. The molecule has 0 spiro atoms. The molecule has 1 fully saturated rings. The van der Waals surface area contributed by atoms with Gasteiger partial charge in [0.1, 0.15) is 0 Å². The van der Waals surface area contributed by atoms with Gasteiger partial charge in [0.25, 0.3) is 0 Å². The van der Waals surface area contributed by atoms with Crippen LogP contribution in [-0.2, 0) is 4.79 Å². The van der Waals surface area contributed by atoms with E-state index in [1.54, 1.807) is 0 Å². The molecule has 2 aromatic rings. The van der Waals surface area contributed by atoms with Crippen LogP contribution < -0.4 is 10.6 Å². The highest BCUT2D eigenvalue weighted by Crippen LogP contribution is 2.13. The van der Waals surface area contributed by atoms with Crippen LogP contribution in [0.4, 0.5) is 5.69 Å². The van der Waals surface area contributed by atoms with E-state index in [2.05, 4.69) is 22.5 Å². The number of amides is 1. The molecule has 0 aromatic heterocycles. The Bertz CT molecular complexity index is 753. The molecule has 0 bridgehead atoms. The number of carbonyl (C=O) groups excluding carboxylic acids is 1. The maximum atomic E-state index is 12.0. The van der Waals surface area contributed by atoms with E-state index in [1.165, 1.54) is 0 Å². The SMILES string of the molecule is O=C(Nc1ccc(C#Cc2cccc(Cl)c2)cc1)[C@H]1CCCN1. The van der Waals surface area contributed by atoms with Crippen LogP contribution in [0, 0.1) is 11.8 Å². The fourth-order valence-corrected chi connectivity index (χ4v) is 2.68. The normalized spacial score (nSPS) is 16.5. The average molecular weight is 325 g/mol. The number of benzene rings is 2. The topological polar surface area (TPSA) is 41.1 Å². The zero-order chi connectivity index (χ0) is 16.1. The Hall–Kier alpha value is -2.28. The molecule has 23 heavy (non-hydrogen) atoms. The van der Waals surface area contributed by atoms with Gasteiger partial charge >= 0.3 is 0 Å². The largest absolute Gasteiger partial charge is 0.325 e. The fourth-order valence-electron chi connectivity index (χ4n) is 2.49. The molecule has 2 aromatic carbocycles. The number of anilines is 1. The lowest BCUT2D eigenvalue weighted by Gasteiger charge is -2.10. The number of hydrogen-bond acceptors (Lipinski definition) is 2. The Labute approximate surface area is 141 Å². The number of halogens is 1. The third-order valence-electron chi connectivity index (χ3n) is 3.71. The summed E-state index contributed by atoms with van der Waals surface area (Å²) < 4.78 is 0. The number of rotatable bonds is 2. The van der Waals surface area contributed by atoms with Crippen molar-refractivity contribution in [1.29, 1.82) is 0 Å². The lowest BCUT2D eigenvalue weighted by molar-refractivity contribution is -0.117. The first-order valence-corrected chi connectivity index (χ1v) is 8.00. The van der Waals surface area contributed by atoms with Crippen molar-refractivity contribution in [3.05, 3.63) is 64.7 Å². The van der Waals surface area contributed by atoms with Gasteiger partial charge in [-0.2, -0.15) is 0 Å². The molecule has 3 rings (SSSR count). The highest BCUT2D eigenvalue weighted by Gasteiger charge is 2.21. The van der Waals surface area contributed by atoms with Crippen LogP contribution in [-0.4, -0.2) is 18.5 Å². The van der Waals surface area contributed by atoms with E-state index in [0.717, 1.165) is 36.2 Å². The summed E-state index contributed by atoms with van der Waals surface area (Å²) >= 11 is 5.94. The minimum atomic E-state index is -0.0719. The van der Waals surface area contributed by atoms with Gasteiger partial charge in [-0.25, -0.2) is 0 Å². The summed E-state index contributed by atoms with van der Waals surface area (Å²) in [5.41, 5.74) is 2.56. The van der Waals surface area contributed by atoms with Gasteiger partial charge in [-0.15, -0.1) is 0 Å². The van der Waals surface area contributed by atoms with Crippen LogP contribution in [0.2, 0.25) is 5.02 Å². The second-order valence-corrected chi connectivity index (χ2v) is 5.91. The van der Waals surface area contributed by atoms with Gasteiger partial charge in [0, 0.05) is 21.8 Å². The van der Waals surface area contributed by atoms with Crippen molar-refractivity contribution in [3.63, 3.8) is 0 Å². The first kappa shape index (κ1) is 15.6. The monoisotopic (exact) mass is 324 g/mol. The van der Waals surface area contributed by atoms with Crippen molar-refractivity contribution in [2.24, 2.45) is 0 Å². The second kappa shape index (κ2) is 7.32. The molecule has 0 unspecified atom stereocenters. The van der Waals surface area contributed by atoms with Crippen LogP contribution in [0.1, 0.15) is 24.0 Å². The highest BCUT2D eigenvalue weighted by molar-refractivity contribution is 6.30. The van der Waals surface area contributed by atoms with Gasteiger partial charge < -0.3 is 10.6 Å². The molecule has 0 radical (unpaired) electrons. The van der Waals surface area contributed by atoms with Gasteiger partial charge in [-0.3, -0.25) is 4.79 Å². The van der Waals surface area contributed by atoms with E-state index in [0.29, 0.717) is 5.02 Å². The summed E-state index contributed by atoms with van der Waals surface area (Å²) in [6.45, 7) is 0.913. The zero-order valence-corrected chi connectivity index (χ0v) is 13.4. The predicted molar refractivity (Wildman–Crippen MR) is 93.5 cm³/mol. The van der Waals surface area contributed by atoms with E-state index in [-0.39, 0.29) is 11.9 Å². The molecule has 116 valence electrons. The molecule has 1 amide bonds. The summed E-state index contributed by atoms with van der Waals surface area (Å²) in [6.07, 6.45) is 1.95. The Morgan fingerprint density at radius 1 is 1.13 bits per heavy atom. The van der Waals surface area contributed by atoms with E-state index in [4.69, 9.17) is 11.6 Å². The van der Waals surface area contributed by atoms with Crippen molar-refractivity contribution >= 4 is 23.2 Å². The summed E-state index contributed by atoms with van der Waals surface area (Å²) in [5, 5.41) is 6.79. The van der Waals surface area contributed by atoms with E-state index in [9.17, 15) is 4.79 Å². The zero-order valence-electron chi connectivity index (χ0n) is 12.6. The summed E-state index contributed by atoms with van der Waals surface area (Å²) in [7, 11) is 0. The van der Waals surface area contributed by atoms with Crippen LogP contribution >= 0.6 is 11.6 Å². The van der Waals surface area contributed by atoms with Gasteiger partial charge in [-0.05, 0) is 61.9 Å². The summed E-state index contributed by atoms with van der Waals surface area (Å²) in [6, 6.07) is 14.9. The average Bonchev–Trinajstić information content (AvgIpc) is 3.09. The smallest absolute Gasteiger partial charge is 0.241 e. The molecule has 1 atom stereocenters. The molecular formula is C19H17ClN2O. The standard InChI is InChI=1S/C19H17ClN2O/c20-16-4-1-3-15(13-16)7-6-14-8-10-17(11-9-14)22-19(23)18-5-2-12-21-18/h1,3-4,8-11,13,18,21H,2,5,12H2,(H,22,23)/t18-/m1/s1. The molecule has 0 saturated carbocycles. The molecule has 0 aliphatic carbocycles. The van der Waals surface area contributed by atoms with Gasteiger partial charge in [-0.1, -0.05) is 29.5 Å². The second-order valence-electron chi connectivity index (χ2n) is 5.48. The number of nitrogens with one attached hydrogen (secondary N) is 2. The maximum absolute atomic E-state index is 12.0. The van der Waals surface area contributed by atoms with Gasteiger partial charge in [0.2, 0.25) is 5.91 Å². The van der Waals surface area contributed by atoms with Gasteiger partial charge in [0.15, 0.2) is 0 Å². The lowest BCUT2D eigenvalue weighted by Crippen LogP contribution is -2.35. The van der Waals surface area contributed by atoms with Crippen molar-refractivity contribution in [1.82, 2.24) is 5.32 Å². The van der Waals surface area contributed by atoms with Crippen LogP contribution in [0.3, 0.4) is 0 Å². The minimum Gasteiger partial charge on any atom is -0.325 e. The Kier molecular flexibility index (Phi) is 4.97. The highest BCUT2D eigenvalue weighted by atomic mass is 35.5. The first-order valence-electron chi connectivity index (χ1n) is 7.62. The number of hydrogen-bond donors (Lipinski definition) is 2. The molecule has 1 aliphatic rings. The molecule has 4 heteroatoms. The Balaban J connectivity index is 1.64. The van der Waals surface area contributed by atoms with E-state index >= 15 is 0 Å². The summed E-state index contributed by atoms with van der Waals surface area (Å²) in [5.74, 6) is 6.19. The Morgan fingerprint density at radius 2 is 1.91 bits per heavy atom. The molecular weight excluding hydrogens is 308 g/mol. The van der Waals surface area contributed by atoms with E-state index in [1.807, 2.05) is 48.5 Å². The van der Waals surface area contributed by atoms with Crippen molar-refractivity contribution in [3.8, 4) is 11.8 Å². The number of carbonyl (C=O) groups is 1. The fraction of sp³-hybridized carbons (Fsp3) is 0.211. The van der Waals surface area contributed by atoms with Crippen LogP contribution in [0.5, 0.6) is 0 Å².